The summed E-state index contributed by atoms with van der Waals surface area (Å²) >= 11 is 1.31. The molecule has 64 heavy (non-hydrogen) atoms. The third-order valence-corrected chi connectivity index (χ3v) is 12.8. The first-order valence-electron chi connectivity index (χ1n) is 22.2. The molecular weight excluding hydrogens is 831 g/mol. The number of amides is 6. The number of rotatable bonds is 13. The van der Waals surface area contributed by atoms with Gasteiger partial charge in [-0.25, -0.2) is 4.98 Å². The molecule has 346 valence electrons. The molecule has 15 nitrogen and oxygen atoms in total. The summed E-state index contributed by atoms with van der Waals surface area (Å²) in [6.45, 7) is 19.2. The molecule has 0 saturated carbocycles. The van der Waals surface area contributed by atoms with Gasteiger partial charge >= 0.3 is 0 Å². The molecule has 8 atom stereocenters. The van der Waals surface area contributed by atoms with Crippen LogP contribution in [-0.2, 0) is 35.3 Å². The maximum absolute atomic E-state index is 15.0. The first-order valence-corrected chi connectivity index (χ1v) is 23.1. The van der Waals surface area contributed by atoms with E-state index < -0.39 is 70.7 Å². The van der Waals surface area contributed by atoms with Gasteiger partial charge in [0.15, 0.2) is 0 Å². The van der Waals surface area contributed by atoms with Gasteiger partial charge in [0, 0.05) is 30.6 Å². The maximum Gasteiger partial charge on any atom is 0.244 e. The van der Waals surface area contributed by atoms with E-state index in [2.05, 4.69) is 36.9 Å². The van der Waals surface area contributed by atoms with E-state index in [1.807, 2.05) is 130 Å². The van der Waals surface area contributed by atoms with E-state index in [1.165, 1.54) is 16.2 Å². The lowest BCUT2D eigenvalue weighted by Crippen LogP contribution is -2.65. The monoisotopic (exact) mass is 897 g/mol. The van der Waals surface area contributed by atoms with Gasteiger partial charge in [-0.1, -0.05) is 130 Å². The Balaban J connectivity index is 1.48. The second-order valence-corrected chi connectivity index (χ2v) is 20.5. The Morgan fingerprint density at radius 2 is 1.53 bits per heavy atom. The quantitative estimate of drug-likeness (QED) is 0.143. The first kappa shape index (κ1) is 49.4. The zero-order valence-corrected chi connectivity index (χ0v) is 39.7. The second kappa shape index (κ2) is 21.4. The maximum atomic E-state index is 15.0. The van der Waals surface area contributed by atoms with Gasteiger partial charge in [-0.2, -0.15) is 0 Å². The van der Waals surface area contributed by atoms with Crippen LogP contribution in [0.2, 0.25) is 0 Å². The Morgan fingerprint density at radius 3 is 2.12 bits per heavy atom. The second-order valence-electron chi connectivity index (χ2n) is 19.6. The van der Waals surface area contributed by atoms with Crippen LogP contribution >= 0.6 is 11.3 Å². The molecule has 0 spiro atoms. The molecule has 3 aromatic rings. The fraction of sp³-hybridized carbons (Fsp3) is 0.542. The number of nitrogens with one attached hydrogen (secondary N) is 6. The molecule has 0 bridgehead atoms. The highest BCUT2D eigenvalue weighted by atomic mass is 32.1. The number of aliphatic imine (C=N–C) groups is 1. The number of aromatic nitrogens is 1. The highest BCUT2D eigenvalue weighted by Gasteiger charge is 2.44. The summed E-state index contributed by atoms with van der Waals surface area (Å²) < 4.78 is 0. The lowest BCUT2D eigenvalue weighted by Gasteiger charge is -2.39. The van der Waals surface area contributed by atoms with Crippen molar-refractivity contribution >= 4 is 52.6 Å². The molecule has 2 aromatic carbocycles. The SMILES string of the molecule is CC(C)[C@@H]1NC(=O)[C@@H]2[C@H](C)CCN2C(=O)CN=C(N[C@H](C(=O)N[C@H](C(=O)N[C@H](CC(=O)NCc2ccccc2)c2nccs2)[C@@H](C)c2ccccc2)C(C)(C)C)[C@H](C(C)(C)C)NC1=O. The van der Waals surface area contributed by atoms with Crippen molar-refractivity contribution < 1.29 is 28.8 Å². The summed E-state index contributed by atoms with van der Waals surface area (Å²) in [5.41, 5.74) is 0.217. The summed E-state index contributed by atoms with van der Waals surface area (Å²) in [7, 11) is 0. The van der Waals surface area contributed by atoms with E-state index in [0.717, 1.165) is 11.1 Å². The van der Waals surface area contributed by atoms with Gasteiger partial charge in [-0.3, -0.25) is 33.8 Å². The van der Waals surface area contributed by atoms with Gasteiger partial charge < -0.3 is 36.8 Å². The smallest absolute Gasteiger partial charge is 0.244 e. The predicted octanol–water partition coefficient (Wildman–Crippen LogP) is 4.62. The predicted molar refractivity (Wildman–Crippen MR) is 249 cm³/mol. The van der Waals surface area contributed by atoms with Crippen molar-refractivity contribution in [3.8, 4) is 0 Å². The van der Waals surface area contributed by atoms with Crippen LogP contribution in [0.1, 0.15) is 110 Å². The highest BCUT2D eigenvalue weighted by molar-refractivity contribution is 7.09. The minimum absolute atomic E-state index is 0.0878. The van der Waals surface area contributed by atoms with E-state index in [9.17, 15) is 28.8 Å². The number of carbonyl (C=O) groups is 6. The molecule has 1 saturated heterocycles. The van der Waals surface area contributed by atoms with Crippen molar-refractivity contribution in [3.63, 3.8) is 0 Å². The molecule has 5 rings (SSSR count). The Bertz CT molecular complexity index is 2120. The lowest BCUT2D eigenvalue weighted by molar-refractivity contribution is -0.140. The standard InChI is InChI=1S/C48H67N9O6S/c1-28(2)36-42(60)56-39(47(5,6)7)41(51-27-35(59)57-23-21-29(3)38(57)44(62)53-36)55-40(48(8,9)10)45(63)54-37(30(4)32-19-15-12-16-20-32)43(61)52-33(46-49-22-24-64-46)25-34(58)50-26-31-17-13-11-14-18-31/h11-20,22,24,28-30,33,36-40H,21,23,25-27H2,1-10H3,(H,50,58)(H,51,55)(H,52,61)(H,53,62)(H,54,63)(H,56,60)/t29-,30+,33-,36+,37+,38+,39-,40-/m1/s1. The minimum atomic E-state index is -1.13. The van der Waals surface area contributed by atoms with Crippen LogP contribution in [0, 0.1) is 22.7 Å². The van der Waals surface area contributed by atoms with Crippen molar-refractivity contribution in [3.05, 3.63) is 88.4 Å². The third-order valence-electron chi connectivity index (χ3n) is 12.0. The summed E-state index contributed by atoms with van der Waals surface area (Å²) in [5.74, 6) is -3.21. The fourth-order valence-corrected chi connectivity index (χ4v) is 8.83. The average molecular weight is 898 g/mol. The molecule has 3 heterocycles. The minimum Gasteiger partial charge on any atom is -0.360 e. The number of fused-ring (bicyclic) bond motifs is 1. The molecular formula is C48H67N9O6S. The van der Waals surface area contributed by atoms with Gasteiger partial charge in [-0.15, -0.1) is 11.3 Å². The third kappa shape index (κ3) is 12.8. The summed E-state index contributed by atoms with van der Waals surface area (Å²) in [4.78, 5) is 95.6. The Hall–Kier alpha value is -5.64. The molecule has 2 aliphatic heterocycles. The van der Waals surface area contributed by atoms with Crippen molar-refractivity contribution in [1.82, 2.24) is 41.8 Å². The van der Waals surface area contributed by atoms with Gasteiger partial charge in [0.1, 0.15) is 41.6 Å². The number of nitrogens with zero attached hydrogens (tertiary/aromatic N) is 3. The molecule has 6 amide bonds. The van der Waals surface area contributed by atoms with Gasteiger partial charge in [-0.05, 0) is 40.2 Å². The normalized spacial score (nSPS) is 21.7. The van der Waals surface area contributed by atoms with Crippen LogP contribution in [0.3, 0.4) is 0 Å². The number of hydrogen-bond donors (Lipinski definition) is 6. The van der Waals surface area contributed by atoms with E-state index in [0.29, 0.717) is 24.5 Å². The van der Waals surface area contributed by atoms with Crippen LogP contribution in [0.5, 0.6) is 0 Å². The number of benzene rings is 2. The average Bonchev–Trinajstić information content (AvgIpc) is 3.92. The van der Waals surface area contributed by atoms with E-state index >= 15 is 0 Å². The van der Waals surface area contributed by atoms with E-state index in [4.69, 9.17) is 4.99 Å². The number of carbonyl (C=O) groups excluding carboxylic acids is 6. The molecule has 1 fully saturated rings. The lowest BCUT2D eigenvalue weighted by atomic mass is 9.82. The molecule has 6 N–H and O–H groups in total. The van der Waals surface area contributed by atoms with Gasteiger partial charge in [0.2, 0.25) is 35.4 Å². The van der Waals surface area contributed by atoms with Gasteiger partial charge in [0.05, 0.1) is 18.5 Å². The number of amidine groups is 1. The summed E-state index contributed by atoms with van der Waals surface area (Å²) in [6, 6.07) is 13.4. The molecule has 0 unspecified atom stereocenters. The largest absolute Gasteiger partial charge is 0.360 e. The molecule has 0 aliphatic carbocycles. The molecule has 1 aromatic heterocycles. The van der Waals surface area contributed by atoms with Crippen LogP contribution in [0.15, 0.2) is 77.2 Å². The summed E-state index contributed by atoms with van der Waals surface area (Å²) in [6.07, 6.45) is 2.15. The zero-order valence-electron chi connectivity index (χ0n) is 38.9. The van der Waals surface area contributed by atoms with Gasteiger partial charge in [0.25, 0.3) is 0 Å². The van der Waals surface area contributed by atoms with Crippen LogP contribution in [0.25, 0.3) is 0 Å². The van der Waals surface area contributed by atoms with Crippen molar-refractivity contribution in [2.45, 2.75) is 131 Å². The zero-order chi connectivity index (χ0) is 46.9. The first-order chi connectivity index (χ1) is 30.1. The van der Waals surface area contributed by atoms with Crippen molar-refractivity contribution in [1.29, 1.82) is 0 Å². The van der Waals surface area contributed by atoms with Crippen molar-refractivity contribution in [2.75, 3.05) is 13.1 Å². The van der Waals surface area contributed by atoms with Crippen LogP contribution in [0.4, 0.5) is 0 Å². The van der Waals surface area contributed by atoms with E-state index in [-0.39, 0.29) is 48.4 Å². The number of hydrogen-bond acceptors (Lipinski definition) is 10. The summed E-state index contributed by atoms with van der Waals surface area (Å²) in [5, 5.41) is 20.8. The Labute approximate surface area is 381 Å². The Kier molecular flexibility index (Phi) is 16.5. The fourth-order valence-electron chi connectivity index (χ4n) is 8.14. The van der Waals surface area contributed by atoms with Crippen LogP contribution < -0.4 is 31.9 Å². The Morgan fingerprint density at radius 1 is 0.875 bits per heavy atom. The molecule has 16 heteroatoms. The van der Waals surface area contributed by atoms with Crippen molar-refractivity contribution in [2.24, 2.45) is 27.7 Å². The topological polar surface area (TPSA) is 203 Å². The highest BCUT2D eigenvalue weighted by Crippen LogP contribution is 2.29. The van der Waals surface area contributed by atoms with E-state index in [1.54, 1.807) is 11.6 Å². The molecule has 2 aliphatic rings. The molecule has 0 radical (unpaired) electrons. The number of thiazole rings is 1. The van der Waals surface area contributed by atoms with Crippen LogP contribution in [-0.4, -0.2) is 94.5 Å².